The maximum absolute atomic E-state index is 15.7. The molecule has 1 aromatic heterocycles. The molecule has 180 valence electrons. The van der Waals surface area contributed by atoms with Gasteiger partial charge in [0.15, 0.2) is 7.14 Å². The highest BCUT2D eigenvalue weighted by molar-refractivity contribution is 7.86. The molecule has 7 rings (SSSR count). The Morgan fingerprint density at radius 3 is 1.55 bits per heavy atom. The summed E-state index contributed by atoms with van der Waals surface area (Å²) in [4.78, 5) is 4.78. The average Bonchev–Trinajstić information content (AvgIpc) is 3.00. The second-order valence-electron chi connectivity index (χ2n) is 9.51. The van der Waals surface area contributed by atoms with E-state index in [1.807, 2.05) is 97.2 Å². The minimum absolute atomic E-state index is 0.835. The van der Waals surface area contributed by atoms with Crippen molar-refractivity contribution in [2.75, 3.05) is 0 Å². The SMILES string of the molecule is O=P(c1ccccc1)(c1ccccc1)c1c2ccccc2c(-c2cnc3ccccc3c2)c2ccccc12. The highest BCUT2D eigenvalue weighted by Gasteiger charge is 2.34. The average molecular weight is 506 g/mol. The molecule has 0 unspecified atom stereocenters. The summed E-state index contributed by atoms with van der Waals surface area (Å²) < 4.78 is 15.7. The molecule has 3 heteroatoms. The van der Waals surface area contributed by atoms with Crippen LogP contribution in [0.4, 0.5) is 0 Å². The molecule has 0 atom stereocenters. The van der Waals surface area contributed by atoms with Crippen LogP contribution in [0.2, 0.25) is 0 Å². The van der Waals surface area contributed by atoms with Gasteiger partial charge in [-0.15, -0.1) is 0 Å². The fourth-order valence-corrected chi connectivity index (χ4v) is 8.71. The molecule has 38 heavy (non-hydrogen) atoms. The van der Waals surface area contributed by atoms with Gasteiger partial charge in [0.05, 0.1) is 5.52 Å². The van der Waals surface area contributed by atoms with Crippen molar-refractivity contribution in [1.29, 1.82) is 0 Å². The molecule has 2 nitrogen and oxygen atoms in total. The molecule has 0 saturated carbocycles. The number of fused-ring (bicyclic) bond motifs is 3. The van der Waals surface area contributed by atoms with E-state index in [1.165, 1.54) is 0 Å². The zero-order chi connectivity index (χ0) is 25.5. The van der Waals surface area contributed by atoms with E-state index in [4.69, 9.17) is 4.98 Å². The number of aromatic nitrogens is 1. The predicted molar refractivity (Wildman–Crippen MR) is 162 cm³/mol. The fourth-order valence-electron chi connectivity index (χ4n) is 5.65. The van der Waals surface area contributed by atoms with Crippen LogP contribution in [0.5, 0.6) is 0 Å². The number of nitrogens with zero attached hydrogens (tertiary/aromatic N) is 1. The highest BCUT2D eigenvalue weighted by Crippen LogP contribution is 2.49. The van der Waals surface area contributed by atoms with E-state index in [2.05, 4.69) is 48.5 Å². The Balaban J connectivity index is 1.66. The number of hydrogen-bond donors (Lipinski definition) is 0. The smallest absolute Gasteiger partial charge is 0.172 e. The van der Waals surface area contributed by atoms with Gasteiger partial charge in [0.25, 0.3) is 0 Å². The molecule has 0 aliphatic rings. The Labute approximate surface area is 221 Å². The van der Waals surface area contributed by atoms with Crippen molar-refractivity contribution < 1.29 is 4.57 Å². The molecule has 7 aromatic rings. The molecular formula is C35H24NOP. The molecule has 0 spiro atoms. The van der Waals surface area contributed by atoms with Gasteiger partial charge < -0.3 is 4.57 Å². The minimum Gasteiger partial charge on any atom is -0.309 e. The lowest BCUT2D eigenvalue weighted by atomic mass is 9.92. The van der Waals surface area contributed by atoms with Crippen LogP contribution in [-0.4, -0.2) is 4.98 Å². The van der Waals surface area contributed by atoms with E-state index in [9.17, 15) is 0 Å². The van der Waals surface area contributed by atoms with Crippen LogP contribution in [-0.2, 0) is 4.57 Å². The number of para-hydroxylation sites is 1. The largest absolute Gasteiger partial charge is 0.309 e. The van der Waals surface area contributed by atoms with Gasteiger partial charge in [-0.1, -0.05) is 127 Å². The lowest BCUT2D eigenvalue weighted by molar-refractivity contribution is 0.593. The minimum atomic E-state index is -3.23. The molecule has 0 bridgehead atoms. The van der Waals surface area contributed by atoms with Crippen molar-refractivity contribution in [2.24, 2.45) is 0 Å². The molecule has 0 aliphatic heterocycles. The van der Waals surface area contributed by atoms with Gasteiger partial charge >= 0.3 is 0 Å². The van der Waals surface area contributed by atoms with Crippen molar-refractivity contribution in [3.63, 3.8) is 0 Å². The molecule has 0 fully saturated rings. The Bertz CT molecular complexity index is 1900. The van der Waals surface area contributed by atoms with Crippen molar-refractivity contribution in [1.82, 2.24) is 4.98 Å². The Hall–Kier alpha value is -4.52. The van der Waals surface area contributed by atoms with Crippen molar-refractivity contribution in [2.45, 2.75) is 0 Å². The van der Waals surface area contributed by atoms with Crippen LogP contribution < -0.4 is 15.9 Å². The first-order valence-corrected chi connectivity index (χ1v) is 14.5. The van der Waals surface area contributed by atoms with Gasteiger partial charge in [0.1, 0.15) is 0 Å². The number of benzene rings is 6. The van der Waals surface area contributed by atoms with Crippen LogP contribution in [0, 0.1) is 0 Å². The first-order chi connectivity index (χ1) is 18.7. The zero-order valence-electron chi connectivity index (χ0n) is 20.7. The summed E-state index contributed by atoms with van der Waals surface area (Å²) in [5, 5.41) is 7.81. The van der Waals surface area contributed by atoms with E-state index in [1.54, 1.807) is 0 Å². The third kappa shape index (κ3) is 3.49. The molecule has 1 heterocycles. The number of rotatable bonds is 4. The quantitative estimate of drug-likeness (QED) is 0.180. The second-order valence-corrected chi connectivity index (χ2v) is 12.2. The van der Waals surface area contributed by atoms with Crippen LogP contribution >= 0.6 is 7.14 Å². The Morgan fingerprint density at radius 2 is 0.974 bits per heavy atom. The lowest BCUT2D eigenvalue weighted by Crippen LogP contribution is -2.26. The molecule has 0 saturated heterocycles. The number of hydrogen-bond acceptors (Lipinski definition) is 2. The molecule has 0 aliphatic carbocycles. The van der Waals surface area contributed by atoms with Crippen molar-refractivity contribution in [3.8, 4) is 11.1 Å². The van der Waals surface area contributed by atoms with Gasteiger partial charge in [0.2, 0.25) is 0 Å². The van der Waals surface area contributed by atoms with Crippen LogP contribution in [0.25, 0.3) is 43.6 Å². The predicted octanol–water partition coefficient (Wildman–Crippen LogP) is 7.85. The topological polar surface area (TPSA) is 30.0 Å². The monoisotopic (exact) mass is 505 g/mol. The molecule has 0 amide bonds. The van der Waals surface area contributed by atoms with Crippen molar-refractivity contribution in [3.05, 3.63) is 146 Å². The van der Waals surface area contributed by atoms with E-state index in [0.717, 1.165) is 59.5 Å². The molecular weight excluding hydrogens is 481 g/mol. The summed E-state index contributed by atoms with van der Waals surface area (Å²) in [6.45, 7) is 0. The summed E-state index contributed by atoms with van der Waals surface area (Å²) in [5.41, 5.74) is 3.14. The van der Waals surface area contributed by atoms with Crippen LogP contribution in [0.3, 0.4) is 0 Å². The van der Waals surface area contributed by atoms with E-state index >= 15 is 4.57 Å². The normalized spacial score (nSPS) is 11.8. The summed E-state index contributed by atoms with van der Waals surface area (Å²) in [6, 6.07) is 47.0. The van der Waals surface area contributed by atoms with Gasteiger partial charge in [-0.3, -0.25) is 4.98 Å². The standard InChI is InChI=1S/C35H24NOP/c37-38(27-14-3-1-4-15-27,28-16-5-2-6-17-28)35-31-20-10-8-18-29(31)34(30-19-9-11-21-32(30)35)26-23-25-13-7-12-22-33(25)36-24-26/h1-24H. The van der Waals surface area contributed by atoms with E-state index < -0.39 is 7.14 Å². The Kier molecular flexibility index (Phi) is 5.43. The first-order valence-electron chi connectivity index (χ1n) is 12.8. The van der Waals surface area contributed by atoms with Gasteiger partial charge in [-0.05, 0) is 39.2 Å². The Morgan fingerprint density at radius 1 is 0.500 bits per heavy atom. The third-order valence-corrected chi connectivity index (χ3v) is 10.5. The van der Waals surface area contributed by atoms with E-state index in [-0.39, 0.29) is 0 Å². The summed E-state index contributed by atoms with van der Waals surface area (Å²) in [6.07, 6.45) is 1.96. The maximum Gasteiger partial charge on any atom is 0.172 e. The summed E-state index contributed by atoms with van der Waals surface area (Å²) >= 11 is 0. The lowest BCUT2D eigenvalue weighted by Gasteiger charge is -2.25. The molecule has 6 aromatic carbocycles. The summed E-state index contributed by atoms with van der Waals surface area (Å²) in [5.74, 6) is 0. The van der Waals surface area contributed by atoms with Crippen LogP contribution in [0.15, 0.2) is 146 Å². The maximum atomic E-state index is 15.7. The molecule has 0 radical (unpaired) electrons. The first kappa shape index (κ1) is 22.7. The van der Waals surface area contributed by atoms with Gasteiger partial charge in [-0.25, -0.2) is 0 Å². The third-order valence-electron chi connectivity index (χ3n) is 7.34. The number of pyridine rings is 1. The summed E-state index contributed by atoms with van der Waals surface area (Å²) in [7, 11) is -3.23. The fraction of sp³-hybridized carbons (Fsp3) is 0. The van der Waals surface area contributed by atoms with E-state index in [0.29, 0.717) is 0 Å². The highest BCUT2D eigenvalue weighted by atomic mass is 31.2. The molecule has 0 N–H and O–H groups in total. The second kappa shape index (κ2) is 9.10. The zero-order valence-corrected chi connectivity index (χ0v) is 21.6. The van der Waals surface area contributed by atoms with Crippen LogP contribution in [0.1, 0.15) is 0 Å². The van der Waals surface area contributed by atoms with Gasteiger partial charge in [-0.2, -0.15) is 0 Å². The van der Waals surface area contributed by atoms with Crippen molar-refractivity contribution >= 4 is 55.5 Å². The van der Waals surface area contributed by atoms with Gasteiger partial charge in [0, 0.05) is 33.1 Å².